The molecule has 5 nitrogen and oxygen atoms in total. The predicted octanol–water partition coefficient (Wildman–Crippen LogP) is 2.34. The Morgan fingerprint density at radius 1 is 1.26 bits per heavy atom. The number of hydrogen-bond acceptors (Lipinski definition) is 3. The van der Waals surface area contributed by atoms with E-state index in [1.807, 2.05) is 36.5 Å². The van der Waals surface area contributed by atoms with E-state index in [9.17, 15) is 4.79 Å². The van der Waals surface area contributed by atoms with Crippen molar-refractivity contribution in [3.63, 3.8) is 0 Å². The molecule has 2 aromatic rings. The van der Waals surface area contributed by atoms with Crippen LogP contribution in [0.25, 0.3) is 11.8 Å². The molecule has 1 N–H and O–H groups in total. The molecule has 0 atom stereocenters. The van der Waals surface area contributed by atoms with Crippen molar-refractivity contribution < 1.29 is 4.79 Å². The van der Waals surface area contributed by atoms with Crippen LogP contribution in [-0.2, 0) is 4.79 Å². The highest BCUT2D eigenvalue weighted by Crippen LogP contribution is 2.08. The molecule has 1 amide bonds. The Balaban J connectivity index is 1.83. The van der Waals surface area contributed by atoms with Gasteiger partial charge in [-0.3, -0.25) is 4.79 Å². The Bertz CT molecular complexity index is 629. The van der Waals surface area contributed by atoms with Crippen molar-refractivity contribution in [2.75, 3.05) is 26.2 Å². The molecule has 1 aromatic carbocycles. The van der Waals surface area contributed by atoms with Crippen molar-refractivity contribution in [1.29, 1.82) is 0 Å². The molecule has 0 fully saturated rings. The van der Waals surface area contributed by atoms with Crippen molar-refractivity contribution in [2.45, 2.75) is 13.8 Å². The van der Waals surface area contributed by atoms with Crippen molar-refractivity contribution >= 4 is 12.0 Å². The van der Waals surface area contributed by atoms with Gasteiger partial charge in [-0.15, -0.1) is 0 Å². The van der Waals surface area contributed by atoms with Gasteiger partial charge in [0.2, 0.25) is 5.91 Å². The van der Waals surface area contributed by atoms with Crippen LogP contribution < -0.4 is 5.32 Å². The number of rotatable bonds is 8. The Kier molecular flexibility index (Phi) is 6.56. The standard InChI is InChI=1S/C18H24N4O/c1-3-21(4-2)13-12-19-18(23)11-10-16-14-20-22(15-16)17-8-6-5-7-9-17/h5-11,14-15H,3-4,12-13H2,1-2H3,(H,19,23)/b11-10+. The maximum atomic E-state index is 11.8. The fourth-order valence-electron chi connectivity index (χ4n) is 2.25. The number of para-hydroxylation sites is 1. The second kappa shape index (κ2) is 8.90. The van der Waals surface area contributed by atoms with Gasteiger partial charge in [-0.1, -0.05) is 32.0 Å². The first-order valence-corrected chi connectivity index (χ1v) is 8.01. The van der Waals surface area contributed by atoms with Gasteiger partial charge in [-0.2, -0.15) is 5.10 Å². The minimum atomic E-state index is -0.0791. The fourth-order valence-corrected chi connectivity index (χ4v) is 2.25. The smallest absolute Gasteiger partial charge is 0.244 e. The van der Waals surface area contributed by atoms with Gasteiger partial charge in [-0.25, -0.2) is 4.68 Å². The molecule has 0 saturated carbocycles. The molecular weight excluding hydrogens is 288 g/mol. The van der Waals surface area contributed by atoms with E-state index in [2.05, 4.69) is 29.2 Å². The zero-order valence-electron chi connectivity index (χ0n) is 13.8. The fraction of sp³-hybridized carbons (Fsp3) is 0.333. The number of benzene rings is 1. The number of likely N-dealkylation sites (N-methyl/N-ethyl adjacent to an activating group) is 1. The number of carbonyl (C=O) groups excluding carboxylic acids is 1. The molecule has 5 heteroatoms. The molecule has 0 unspecified atom stereocenters. The summed E-state index contributed by atoms with van der Waals surface area (Å²) in [6.45, 7) is 7.78. The van der Waals surface area contributed by atoms with E-state index < -0.39 is 0 Å². The number of nitrogens with zero attached hydrogens (tertiary/aromatic N) is 3. The van der Waals surface area contributed by atoms with Gasteiger partial charge < -0.3 is 10.2 Å². The molecule has 23 heavy (non-hydrogen) atoms. The van der Waals surface area contributed by atoms with Crippen LogP contribution in [0.3, 0.4) is 0 Å². The molecule has 2 rings (SSSR count). The molecule has 1 aromatic heterocycles. The van der Waals surface area contributed by atoms with E-state index in [0.29, 0.717) is 6.54 Å². The summed E-state index contributed by atoms with van der Waals surface area (Å²) in [4.78, 5) is 14.1. The van der Waals surface area contributed by atoms with Gasteiger partial charge in [0.05, 0.1) is 11.9 Å². The van der Waals surface area contributed by atoms with E-state index in [-0.39, 0.29) is 5.91 Å². The molecule has 0 saturated heterocycles. The largest absolute Gasteiger partial charge is 0.351 e. The summed E-state index contributed by atoms with van der Waals surface area (Å²) in [5, 5.41) is 7.19. The van der Waals surface area contributed by atoms with Gasteiger partial charge in [0.1, 0.15) is 0 Å². The molecule has 0 spiro atoms. The van der Waals surface area contributed by atoms with Gasteiger partial charge in [-0.05, 0) is 31.3 Å². The second-order valence-electron chi connectivity index (χ2n) is 5.21. The average molecular weight is 312 g/mol. The minimum absolute atomic E-state index is 0.0791. The topological polar surface area (TPSA) is 50.2 Å². The first-order chi connectivity index (χ1) is 11.2. The third-order valence-electron chi connectivity index (χ3n) is 3.67. The first kappa shape index (κ1) is 17.0. The highest BCUT2D eigenvalue weighted by Gasteiger charge is 2.01. The van der Waals surface area contributed by atoms with E-state index >= 15 is 0 Å². The maximum absolute atomic E-state index is 11.8. The number of aromatic nitrogens is 2. The lowest BCUT2D eigenvalue weighted by Crippen LogP contribution is -2.34. The van der Waals surface area contributed by atoms with Crippen molar-refractivity contribution in [3.05, 3.63) is 54.4 Å². The molecule has 0 radical (unpaired) electrons. The number of carbonyl (C=O) groups is 1. The molecule has 0 aliphatic rings. The lowest BCUT2D eigenvalue weighted by Gasteiger charge is -2.17. The van der Waals surface area contributed by atoms with E-state index in [1.54, 1.807) is 23.0 Å². The zero-order chi connectivity index (χ0) is 16.5. The molecule has 122 valence electrons. The van der Waals surface area contributed by atoms with Crippen LogP contribution in [0.1, 0.15) is 19.4 Å². The Morgan fingerprint density at radius 2 is 2.00 bits per heavy atom. The van der Waals surface area contributed by atoms with Crippen LogP contribution in [0.2, 0.25) is 0 Å². The zero-order valence-corrected chi connectivity index (χ0v) is 13.8. The highest BCUT2D eigenvalue weighted by molar-refractivity contribution is 5.91. The summed E-state index contributed by atoms with van der Waals surface area (Å²) in [7, 11) is 0. The molecule has 0 aliphatic carbocycles. The molecule has 1 heterocycles. The van der Waals surface area contributed by atoms with Crippen molar-refractivity contribution in [1.82, 2.24) is 20.0 Å². The van der Waals surface area contributed by atoms with Crippen LogP contribution in [0.15, 0.2) is 48.8 Å². The normalized spacial score (nSPS) is 11.3. The van der Waals surface area contributed by atoms with Crippen LogP contribution in [0.5, 0.6) is 0 Å². The Morgan fingerprint density at radius 3 is 2.70 bits per heavy atom. The molecule has 0 aliphatic heterocycles. The van der Waals surface area contributed by atoms with Gasteiger partial charge >= 0.3 is 0 Å². The quantitative estimate of drug-likeness (QED) is 0.761. The third-order valence-corrected chi connectivity index (χ3v) is 3.67. The van der Waals surface area contributed by atoms with E-state index in [4.69, 9.17) is 0 Å². The third kappa shape index (κ3) is 5.38. The van der Waals surface area contributed by atoms with Gasteiger partial charge in [0, 0.05) is 30.9 Å². The van der Waals surface area contributed by atoms with Crippen LogP contribution in [0.4, 0.5) is 0 Å². The summed E-state index contributed by atoms with van der Waals surface area (Å²) in [6.07, 6.45) is 6.97. The molecule has 0 bridgehead atoms. The van der Waals surface area contributed by atoms with Gasteiger partial charge in [0.15, 0.2) is 0 Å². The number of nitrogens with one attached hydrogen (secondary N) is 1. The van der Waals surface area contributed by atoms with Crippen LogP contribution in [0, 0.1) is 0 Å². The van der Waals surface area contributed by atoms with E-state index in [1.165, 1.54) is 0 Å². The van der Waals surface area contributed by atoms with Gasteiger partial charge in [0.25, 0.3) is 0 Å². The van der Waals surface area contributed by atoms with E-state index in [0.717, 1.165) is 30.9 Å². The lowest BCUT2D eigenvalue weighted by molar-refractivity contribution is -0.116. The summed E-state index contributed by atoms with van der Waals surface area (Å²) < 4.78 is 1.79. The highest BCUT2D eigenvalue weighted by atomic mass is 16.1. The summed E-state index contributed by atoms with van der Waals surface area (Å²) >= 11 is 0. The number of hydrogen-bond donors (Lipinski definition) is 1. The first-order valence-electron chi connectivity index (χ1n) is 8.01. The predicted molar refractivity (Wildman–Crippen MR) is 93.4 cm³/mol. The minimum Gasteiger partial charge on any atom is -0.351 e. The van der Waals surface area contributed by atoms with Crippen molar-refractivity contribution in [3.8, 4) is 5.69 Å². The Hall–Kier alpha value is -2.40. The van der Waals surface area contributed by atoms with Crippen molar-refractivity contribution in [2.24, 2.45) is 0 Å². The van der Waals surface area contributed by atoms with Crippen LogP contribution >= 0.6 is 0 Å². The summed E-state index contributed by atoms with van der Waals surface area (Å²) in [6, 6.07) is 9.88. The summed E-state index contributed by atoms with van der Waals surface area (Å²) in [5.74, 6) is -0.0791. The second-order valence-corrected chi connectivity index (χ2v) is 5.21. The molecular formula is C18H24N4O. The summed E-state index contributed by atoms with van der Waals surface area (Å²) in [5.41, 5.74) is 1.89. The average Bonchev–Trinajstić information content (AvgIpc) is 3.07. The SMILES string of the molecule is CCN(CC)CCNC(=O)/C=C/c1cnn(-c2ccccc2)c1. The maximum Gasteiger partial charge on any atom is 0.244 e. The number of amides is 1. The Labute approximate surface area is 137 Å². The van der Waals surface area contributed by atoms with Crippen LogP contribution in [-0.4, -0.2) is 46.8 Å². The lowest BCUT2D eigenvalue weighted by atomic mass is 10.3. The monoisotopic (exact) mass is 312 g/mol.